The lowest BCUT2D eigenvalue weighted by Crippen LogP contribution is -2.16. The molecule has 0 aliphatic carbocycles. The van der Waals surface area contributed by atoms with Gasteiger partial charge in [0.15, 0.2) is 5.13 Å². The van der Waals surface area contributed by atoms with Gasteiger partial charge in [0.05, 0.1) is 5.92 Å². The zero-order valence-corrected chi connectivity index (χ0v) is 12.3. The number of thiazole rings is 1. The topological polar surface area (TPSA) is 62.2 Å². The van der Waals surface area contributed by atoms with Crippen LogP contribution in [-0.2, 0) is 4.79 Å². The van der Waals surface area contributed by atoms with E-state index in [1.54, 1.807) is 18.3 Å². The molecule has 0 spiro atoms. The monoisotopic (exact) mass is 320 g/mol. The fraction of sp³-hybridized carbons (Fsp3) is 0.636. The standard InChI is InChI=1S/C11H17BrN2O2S/c1-7(10(15)16)4-3-5-8(2)13-11-14-9(12)6-17-11/h6-8H,3-5H2,1-2H3,(H,13,14)(H,15,16). The molecule has 0 radical (unpaired) electrons. The highest BCUT2D eigenvalue weighted by Crippen LogP contribution is 2.21. The average Bonchev–Trinajstić information content (AvgIpc) is 2.63. The second kappa shape index (κ2) is 6.96. The number of carbonyl (C=O) groups is 1. The SMILES string of the molecule is CC(CCCC(C)C(=O)O)Nc1nc(Br)cs1. The van der Waals surface area contributed by atoms with E-state index in [2.05, 4.69) is 33.2 Å². The predicted molar refractivity (Wildman–Crippen MR) is 73.5 cm³/mol. The second-order valence-electron chi connectivity index (χ2n) is 4.19. The summed E-state index contributed by atoms with van der Waals surface area (Å²) in [7, 11) is 0. The molecule has 0 aliphatic rings. The van der Waals surface area contributed by atoms with Crippen LogP contribution >= 0.6 is 27.3 Å². The number of carboxylic acids is 1. The van der Waals surface area contributed by atoms with Crippen molar-refractivity contribution >= 4 is 38.4 Å². The van der Waals surface area contributed by atoms with Gasteiger partial charge in [-0.25, -0.2) is 4.98 Å². The largest absolute Gasteiger partial charge is 0.481 e. The van der Waals surface area contributed by atoms with E-state index in [0.717, 1.165) is 29.0 Å². The number of halogens is 1. The van der Waals surface area contributed by atoms with Crippen molar-refractivity contribution in [2.75, 3.05) is 5.32 Å². The molecule has 2 atom stereocenters. The number of carboxylic acid groups (broad SMARTS) is 1. The first-order valence-corrected chi connectivity index (χ1v) is 7.26. The number of hydrogen-bond donors (Lipinski definition) is 2. The molecule has 0 aromatic carbocycles. The van der Waals surface area contributed by atoms with E-state index in [1.807, 2.05) is 5.38 Å². The fourth-order valence-electron chi connectivity index (χ4n) is 1.46. The Morgan fingerprint density at radius 1 is 1.59 bits per heavy atom. The van der Waals surface area contributed by atoms with Crippen LogP contribution < -0.4 is 5.32 Å². The van der Waals surface area contributed by atoms with Gasteiger partial charge in [-0.1, -0.05) is 13.3 Å². The van der Waals surface area contributed by atoms with Crippen LogP contribution in [0.3, 0.4) is 0 Å². The Hall–Kier alpha value is -0.620. The summed E-state index contributed by atoms with van der Waals surface area (Å²) in [4.78, 5) is 14.9. The summed E-state index contributed by atoms with van der Waals surface area (Å²) >= 11 is 4.86. The van der Waals surface area contributed by atoms with E-state index >= 15 is 0 Å². The third-order valence-corrected chi connectivity index (χ3v) is 4.02. The molecule has 0 amide bonds. The maximum atomic E-state index is 10.6. The second-order valence-corrected chi connectivity index (χ2v) is 5.86. The Morgan fingerprint density at radius 3 is 2.82 bits per heavy atom. The number of aromatic nitrogens is 1. The Kier molecular flexibility index (Phi) is 5.91. The van der Waals surface area contributed by atoms with Gasteiger partial charge in [-0.3, -0.25) is 4.79 Å². The maximum Gasteiger partial charge on any atom is 0.306 e. The van der Waals surface area contributed by atoms with Crippen molar-refractivity contribution in [3.05, 3.63) is 9.98 Å². The molecular weight excluding hydrogens is 304 g/mol. The summed E-state index contributed by atoms with van der Waals surface area (Å²) in [5.74, 6) is -0.967. The predicted octanol–water partition coefficient (Wildman–Crippen LogP) is 3.60. The summed E-state index contributed by atoms with van der Waals surface area (Å²) in [6.45, 7) is 3.83. The Bertz CT molecular complexity index is 370. The van der Waals surface area contributed by atoms with E-state index in [9.17, 15) is 4.79 Å². The third kappa shape index (κ3) is 5.50. The molecule has 0 bridgehead atoms. The third-order valence-electron chi connectivity index (χ3n) is 2.54. The van der Waals surface area contributed by atoms with Gasteiger partial charge in [0.25, 0.3) is 0 Å². The van der Waals surface area contributed by atoms with Crippen LogP contribution in [0, 0.1) is 5.92 Å². The number of nitrogens with one attached hydrogen (secondary N) is 1. The van der Waals surface area contributed by atoms with E-state index in [-0.39, 0.29) is 5.92 Å². The van der Waals surface area contributed by atoms with Crippen molar-refractivity contribution in [2.45, 2.75) is 39.2 Å². The molecule has 0 saturated carbocycles. The van der Waals surface area contributed by atoms with Crippen LogP contribution in [0.15, 0.2) is 9.98 Å². The molecule has 2 unspecified atom stereocenters. The van der Waals surface area contributed by atoms with E-state index < -0.39 is 5.97 Å². The van der Waals surface area contributed by atoms with Crippen molar-refractivity contribution < 1.29 is 9.90 Å². The minimum Gasteiger partial charge on any atom is -0.481 e. The fourth-order valence-corrected chi connectivity index (χ4v) is 2.71. The minimum atomic E-state index is -0.713. The van der Waals surface area contributed by atoms with E-state index in [0.29, 0.717) is 6.04 Å². The highest BCUT2D eigenvalue weighted by Gasteiger charge is 2.11. The number of aliphatic carboxylic acids is 1. The lowest BCUT2D eigenvalue weighted by atomic mass is 10.0. The molecular formula is C11H17BrN2O2S. The number of hydrogen-bond acceptors (Lipinski definition) is 4. The average molecular weight is 321 g/mol. The summed E-state index contributed by atoms with van der Waals surface area (Å²) in [6, 6.07) is 0.314. The first kappa shape index (κ1) is 14.4. The smallest absolute Gasteiger partial charge is 0.306 e. The highest BCUT2D eigenvalue weighted by molar-refractivity contribution is 9.10. The quantitative estimate of drug-likeness (QED) is 0.805. The number of nitrogens with zero attached hydrogens (tertiary/aromatic N) is 1. The van der Waals surface area contributed by atoms with Crippen LogP contribution in [-0.4, -0.2) is 22.1 Å². The summed E-state index contributed by atoms with van der Waals surface area (Å²) < 4.78 is 0.844. The zero-order valence-electron chi connectivity index (χ0n) is 9.94. The number of anilines is 1. The molecule has 0 fully saturated rings. The van der Waals surface area contributed by atoms with Crippen molar-refractivity contribution in [3.8, 4) is 0 Å². The van der Waals surface area contributed by atoms with Gasteiger partial charge in [-0.05, 0) is 35.7 Å². The van der Waals surface area contributed by atoms with Crippen molar-refractivity contribution in [1.29, 1.82) is 0 Å². The van der Waals surface area contributed by atoms with Gasteiger partial charge in [0, 0.05) is 11.4 Å². The molecule has 6 heteroatoms. The van der Waals surface area contributed by atoms with Gasteiger partial charge >= 0.3 is 5.97 Å². The van der Waals surface area contributed by atoms with Crippen LogP contribution in [0.2, 0.25) is 0 Å². The molecule has 1 heterocycles. The zero-order chi connectivity index (χ0) is 12.8. The normalized spacial score (nSPS) is 14.3. The summed E-state index contributed by atoms with van der Waals surface area (Å²) in [5, 5.41) is 14.9. The van der Waals surface area contributed by atoms with Gasteiger partial charge in [0.2, 0.25) is 0 Å². The highest BCUT2D eigenvalue weighted by atomic mass is 79.9. The molecule has 0 saturated heterocycles. The molecule has 4 nitrogen and oxygen atoms in total. The van der Waals surface area contributed by atoms with Crippen molar-refractivity contribution in [2.24, 2.45) is 5.92 Å². The van der Waals surface area contributed by atoms with Crippen molar-refractivity contribution in [3.63, 3.8) is 0 Å². The van der Waals surface area contributed by atoms with E-state index in [4.69, 9.17) is 5.11 Å². The molecule has 96 valence electrons. The maximum absolute atomic E-state index is 10.6. The van der Waals surface area contributed by atoms with Gasteiger partial charge in [0.1, 0.15) is 4.60 Å². The lowest BCUT2D eigenvalue weighted by molar-refractivity contribution is -0.141. The summed E-state index contributed by atoms with van der Waals surface area (Å²) in [5.41, 5.74) is 0. The lowest BCUT2D eigenvalue weighted by Gasteiger charge is -2.13. The Morgan fingerprint density at radius 2 is 2.29 bits per heavy atom. The van der Waals surface area contributed by atoms with Crippen molar-refractivity contribution in [1.82, 2.24) is 4.98 Å². The van der Waals surface area contributed by atoms with Gasteiger partial charge in [-0.15, -0.1) is 11.3 Å². The molecule has 1 rings (SSSR count). The van der Waals surface area contributed by atoms with Crippen LogP contribution in [0.1, 0.15) is 33.1 Å². The molecule has 2 N–H and O–H groups in total. The molecule has 17 heavy (non-hydrogen) atoms. The minimum absolute atomic E-state index is 0.254. The number of rotatable bonds is 7. The molecule has 1 aromatic rings. The van der Waals surface area contributed by atoms with Crippen LogP contribution in [0.25, 0.3) is 0 Å². The molecule has 0 aliphatic heterocycles. The van der Waals surface area contributed by atoms with Gasteiger partial charge < -0.3 is 10.4 Å². The first-order valence-electron chi connectivity index (χ1n) is 5.59. The first-order chi connectivity index (χ1) is 7.99. The molecule has 1 aromatic heterocycles. The Labute approximate surface area is 114 Å². The van der Waals surface area contributed by atoms with Gasteiger partial charge in [-0.2, -0.15) is 0 Å². The van der Waals surface area contributed by atoms with Crippen LogP contribution in [0.4, 0.5) is 5.13 Å². The van der Waals surface area contributed by atoms with Crippen LogP contribution in [0.5, 0.6) is 0 Å². The summed E-state index contributed by atoms with van der Waals surface area (Å²) in [6.07, 6.45) is 2.59. The van der Waals surface area contributed by atoms with E-state index in [1.165, 1.54) is 0 Å². The Balaban J connectivity index is 2.21.